The highest BCUT2D eigenvalue weighted by Gasteiger charge is 2.33. The second kappa shape index (κ2) is 11.3. The fourth-order valence-corrected chi connectivity index (χ4v) is 5.12. The second-order valence-corrected chi connectivity index (χ2v) is 11.3. The number of ether oxygens (including phenoxy) is 1. The van der Waals surface area contributed by atoms with E-state index in [1.165, 1.54) is 18.4 Å². The monoisotopic (exact) mass is 502 g/mol. The van der Waals surface area contributed by atoms with Crippen molar-refractivity contribution in [2.75, 3.05) is 0 Å². The van der Waals surface area contributed by atoms with Gasteiger partial charge >= 0.3 is 5.97 Å². The number of hydrogen-bond acceptors (Lipinski definition) is 4. The summed E-state index contributed by atoms with van der Waals surface area (Å²) in [4.78, 5) is 29.8. The van der Waals surface area contributed by atoms with Crippen molar-refractivity contribution in [3.05, 3.63) is 65.5 Å². The largest absolute Gasteiger partial charge is 0.480 e. The number of aromatic nitrogens is 1. The summed E-state index contributed by atoms with van der Waals surface area (Å²) < 4.78 is 6.17. The quantitative estimate of drug-likeness (QED) is 0.331. The van der Waals surface area contributed by atoms with Gasteiger partial charge in [-0.1, -0.05) is 78.0 Å². The summed E-state index contributed by atoms with van der Waals surface area (Å²) in [6, 6.07) is 14.8. The fourth-order valence-electron chi connectivity index (χ4n) is 5.12. The van der Waals surface area contributed by atoms with E-state index in [9.17, 15) is 14.7 Å². The predicted molar refractivity (Wildman–Crippen MR) is 146 cm³/mol. The smallest absolute Gasteiger partial charge is 0.326 e. The van der Waals surface area contributed by atoms with Crippen molar-refractivity contribution in [3.8, 4) is 11.5 Å². The highest BCUT2D eigenvalue weighted by Crippen LogP contribution is 2.33. The van der Waals surface area contributed by atoms with Gasteiger partial charge in [0.25, 0.3) is 5.91 Å². The number of carboxylic acids is 1. The third-order valence-corrected chi connectivity index (χ3v) is 7.16. The van der Waals surface area contributed by atoms with E-state index >= 15 is 0 Å². The molecule has 0 spiro atoms. The number of benzene rings is 2. The van der Waals surface area contributed by atoms with Crippen molar-refractivity contribution >= 4 is 22.6 Å². The normalized spacial score (nSPS) is 15.0. The Hall–Kier alpha value is -3.41. The first kappa shape index (κ1) is 26.6. The number of carboxylic acid groups (broad SMARTS) is 1. The van der Waals surface area contributed by atoms with Crippen molar-refractivity contribution < 1.29 is 19.4 Å². The molecule has 0 aliphatic heterocycles. The van der Waals surface area contributed by atoms with Crippen LogP contribution >= 0.6 is 0 Å². The van der Waals surface area contributed by atoms with Gasteiger partial charge in [-0.25, -0.2) is 9.78 Å². The highest BCUT2D eigenvalue weighted by molar-refractivity contribution is 5.99. The lowest BCUT2D eigenvalue weighted by atomic mass is 9.86. The lowest BCUT2D eigenvalue weighted by molar-refractivity contribution is -0.142. The summed E-state index contributed by atoms with van der Waals surface area (Å²) in [7, 11) is 0. The third kappa shape index (κ3) is 6.68. The Bertz CT molecular complexity index is 1250. The Morgan fingerprint density at radius 2 is 1.73 bits per heavy atom. The molecule has 0 unspecified atom stereocenters. The molecule has 196 valence electrons. The van der Waals surface area contributed by atoms with Crippen molar-refractivity contribution in [2.24, 2.45) is 11.3 Å². The summed E-state index contributed by atoms with van der Waals surface area (Å²) in [5.74, 6) is 0.510. The van der Waals surface area contributed by atoms with Crippen LogP contribution in [0.1, 0.15) is 81.5 Å². The number of aliphatic carboxylic acids is 1. The Morgan fingerprint density at radius 1 is 1.05 bits per heavy atom. The molecule has 1 aromatic heterocycles. The van der Waals surface area contributed by atoms with Gasteiger partial charge in [0, 0.05) is 11.1 Å². The topological polar surface area (TPSA) is 88.5 Å². The number of nitrogens with zero attached hydrogens (tertiary/aromatic N) is 1. The molecular formula is C31H38N2O4. The molecule has 1 amide bonds. The molecule has 1 saturated carbocycles. The molecule has 0 bridgehead atoms. The minimum Gasteiger partial charge on any atom is -0.480 e. The molecule has 1 aliphatic rings. The standard InChI is InChI=1S/C31H38N2O4/c1-5-8-20-11-14-23(15-12-20)37-24-16-13-22-18-27(29(34)33-28(30(35)36)31(2,3)4)32-26(25(22)19-24)17-21-9-6-7-10-21/h11-16,18-19,21,28H,5-10,17H2,1-4H3,(H,33,34)(H,35,36)/t28-/m1/s1. The van der Waals surface area contributed by atoms with E-state index in [-0.39, 0.29) is 5.69 Å². The van der Waals surface area contributed by atoms with Crippen LogP contribution in [0.5, 0.6) is 11.5 Å². The predicted octanol–water partition coefficient (Wildman–Crippen LogP) is 6.94. The number of nitrogens with one attached hydrogen (secondary N) is 1. The van der Waals surface area contributed by atoms with Gasteiger partial charge in [-0.2, -0.15) is 0 Å². The first-order valence-electron chi connectivity index (χ1n) is 13.4. The maximum Gasteiger partial charge on any atom is 0.326 e. The van der Waals surface area contributed by atoms with Crippen LogP contribution in [0.2, 0.25) is 0 Å². The molecule has 1 atom stereocenters. The maximum absolute atomic E-state index is 13.2. The number of carbonyl (C=O) groups excluding carboxylic acids is 1. The Labute approximate surface area is 219 Å². The van der Waals surface area contributed by atoms with Gasteiger partial charge in [0.15, 0.2) is 0 Å². The molecule has 2 N–H and O–H groups in total. The molecule has 3 aromatic rings. The van der Waals surface area contributed by atoms with E-state index in [2.05, 4.69) is 24.4 Å². The summed E-state index contributed by atoms with van der Waals surface area (Å²) in [6.45, 7) is 7.56. The lowest BCUT2D eigenvalue weighted by Gasteiger charge is -2.27. The second-order valence-electron chi connectivity index (χ2n) is 11.3. The molecular weight excluding hydrogens is 464 g/mol. The number of amides is 1. The van der Waals surface area contributed by atoms with Crippen molar-refractivity contribution in [1.29, 1.82) is 0 Å². The van der Waals surface area contributed by atoms with E-state index in [0.29, 0.717) is 5.92 Å². The van der Waals surface area contributed by atoms with E-state index in [1.54, 1.807) is 26.8 Å². The van der Waals surface area contributed by atoms with Crippen molar-refractivity contribution in [2.45, 2.75) is 78.7 Å². The summed E-state index contributed by atoms with van der Waals surface area (Å²) in [5.41, 5.74) is 1.77. The average Bonchev–Trinajstić information content (AvgIpc) is 3.36. The molecule has 6 nitrogen and oxygen atoms in total. The van der Waals surface area contributed by atoms with Crippen LogP contribution in [0.3, 0.4) is 0 Å². The highest BCUT2D eigenvalue weighted by atomic mass is 16.5. The molecule has 0 radical (unpaired) electrons. The van der Waals surface area contributed by atoms with Gasteiger partial charge < -0.3 is 15.2 Å². The van der Waals surface area contributed by atoms with Crippen LogP contribution in [0.25, 0.3) is 10.8 Å². The first-order chi connectivity index (χ1) is 17.6. The first-order valence-corrected chi connectivity index (χ1v) is 13.4. The Balaban J connectivity index is 1.66. The number of aryl methyl sites for hydroxylation is 1. The van der Waals surface area contributed by atoms with Crippen LogP contribution < -0.4 is 10.1 Å². The van der Waals surface area contributed by atoms with E-state index in [1.807, 2.05) is 30.3 Å². The molecule has 0 saturated heterocycles. The average molecular weight is 503 g/mol. The number of carbonyl (C=O) groups is 2. The zero-order valence-corrected chi connectivity index (χ0v) is 22.3. The van der Waals surface area contributed by atoms with Gasteiger partial charge in [-0.3, -0.25) is 4.79 Å². The summed E-state index contributed by atoms with van der Waals surface area (Å²) in [6.07, 6.45) is 7.69. The lowest BCUT2D eigenvalue weighted by Crippen LogP contribution is -2.49. The number of rotatable bonds is 9. The van der Waals surface area contributed by atoms with E-state index in [0.717, 1.165) is 60.1 Å². The summed E-state index contributed by atoms with van der Waals surface area (Å²) >= 11 is 0. The molecule has 1 fully saturated rings. The minimum atomic E-state index is -1.06. The zero-order valence-electron chi connectivity index (χ0n) is 22.3. The SMILES string of the molecule is CCCc1ccc(Oc2ccc3cc(C(=O)N[C@H](C(=O)O)C(C)(C)C)nc(CC4CCCC4)c3c2)cc1. The third-order valence-electron chi connectivity index (χ3n) is 7.16. The number of hydrogen-bond donors (Lipinski definition) is 2. The fraction of sp³-hybridized carbons (Fsp3) is 0.452. The maximum atomic E-state index is 13.2. The van der Waals surface area contributed by atoms with Gasteiger partial charge in [0.2, 0.25) is 0 Å². The Morgan fingerprint density at radius 3 is 2.35 bits per heavy atom. The Kier molecular flexibility index (Phi) is 8.16. The number of fused-ring (bicyclic) bond motifs is 1. The van der Waals surface area contributed by atoms with Crippen LogP contribution in [0.4, 0.5) is 0 Å². The van der Waals surface area contributed by atoms with Gasteiger partial charge in [-0.05, 0) is 65.5 Å². The van der Waals surface area contributed by atoms with Gasteiger partial charge in [0.05, 0.1) is 0 Å². The van der Waals surface area contributed by atoms with Crippen molar-refractivity contribution in [3.63, 3.8) is 0 Å². The summed E-state index contributed by atoms with van der Waals surface area (Å²) in [5, 5.41) is 14.2. The van der Waals surface area contributed by atoms with Crippen LogP contribution in [0.15, 0.2) is 48.5 Å². The van der Waals surface area contributed by atoms with E-state index in [4.69, 9.17) is 9.72 Å². The molecule has 37 heavy (non-hydrogen) atoms. The van der Waals surface area contributed by atoms with Crippen LogP contribution in [-0.2, 0) is 17.6 Å². The molecule has 1 heterocycles. The van der Waals surface area contributed by atoms with Crippen molar-refractivity contribution in [1.82, 2.24) is 10.3 Å². The van der Waals surface area contributed by atoms with E-state index < -0.39 is 23.3 Å². The van der Waals surface area contributed by atoms with Crippen LogP contribution in [0, 0.1) is 11.3 Å². The molecule has 1 aliphatic carbocycles. The van der Waals surface area contributed by atoms with Crippen LogP contribution in [-0.4, -0.2) is 28.0 Å². The molecule has 2 aromatic carbocycles. The number of pyridine rings is 1. The molecule has 6 heteroatoms. The van der Waals surface area contributed by atoms with Gasteiger partial charge in [0.1, 0.15) is 23.2 Å². The molecule has 4 rings (SSSR count). The van der Waals surface area contributed by atoms with Gasteiger partial charge in [-0.15, -0.1) is 0 Å². The zero-order chi connectivity index (χ0) is 26.6. The minimum absolute atomic E-state index is 0.246.